The van der Waals surface area contributed by atoms with Crippen LogP contribution in [0.1, 0.15) is 85.9 Å². The first-order chi connectivity index (χ1) is 19.3. The summed E-state index contributed by atoms with van der Waals surface area (Å²) in [5.41, 5.74) is 1.03. The molecule has 4 rings (SSSR count). The molecule has 0 aliphatic heterocycles. The number of rotatable bonds is 8. The number of benzene rings is 4. The summed E-state index contributed by atoms with van der Waals surface area (Å²) in [6.07, 6.45) is 0. The fraction of sp³-hybridized carbons (Fsp3) is 0.176. The van der Waals surface area contributed by atoms with Crippen LogP contribution in [-0.4, -0.2) is 27.5 Å². The molecular formula is C34H31O6P. The van der Waals surface area contributed by atoms with Crippen molar-refractivity contribution < 1.29 is 28.6 Å². The van der Waals surface area contributed by atoms with Crippen molar-refractivity contribution in [3.8, 4) is 0 Å². The first kappa shape index (κ1) is 29.7. The molecule has 0 unspecified atom stereocenters. The predicted octanol–water partition coefficient (Wildman–Crippen LogP) is 7.25. The lowest BCUT2D eigenvalue weighted by Gasteiger charge is -2.20. The van der Waals surface area contributed by atoms with Crippen LogP contribution in [-0.2, 0) is 4.57 Å². The van der Waals surface area contributed by atoms with E-state index in [-0.39, 0.29) is 44.9 Å². The number of hydrogen-bond donors (Lipinski definition) is 1. The molecule has 0 atom stereocenters. The summed E-state index contributed by atoms with van der Waals surface area (Å²) < 4.78 is 13.8. The van der Waals surface area contributed by atoms with Crippen molar-refractivity contribution in [3.05, 3.63) is 140 Å². The van der Waals surface area contributed by atoms with E-state index in [2.05, 4.69) is 0 Å². The summed E-state index contributed by atoms with van der Waals surface area (Å²) >= 11 is 0. The normalized spacial score (nSPS) is 11.3. The van der Waals surface area contributed by atoms with Crippen LogP contribution >= 0.6 is 7.37 Å². The lowest BCUT2D eigenvalue weighted by Crippen LogP contribution is -2.18. The van der Waals surface area contributed by atoms with Crippen LogP contribution in [0.2, 0.25) is 0 Å². The molecule has 0 saturated heterocycles. The quantitative estimate of drug-likeness (QED) is 0.178. The van der Waals surface area contributed by atoms with E-state index in [9.17, 15) is 28.6 Å². The second-order valence-electron chi connectivity index (χ2n) is 10.3. The van der Waals surface area contributed by atoms with Crippen molar-refractivity contribution in [2.45, 2.75) is 41.5 Å². The molecule has 6 nitrogen and oxygen atoms in total. The minimum Gasteiger partial charge on any atom is -0.333 e. The van der Waals surface area contributed by atoms with Gasteiger partial charge in [0.15, 0.2) is 11.6 Å². The smallest absolute Gasteiger partial charge is 0.333 e. The summed E-state index contributed by atoms with van der Waals surface area (Å²) in [5, 5.41) is 0. The molecule has 0 fully saturated rings. The molecule has 4 aromatic rings. The Kier molecular flexibility index (Phi) is 8.21. The van der Waals surface area contributed by atoms with E-state index in [1.807, 2.05) is 0 Å². The first-order valence-electron chi connectivity index (χ1n) is 13.1. The van der Waals surface area contributed by atoms with Crippen LogP contribution < -0.4 is 0 Å². The average Bonchev–Trinajstić information content (AvgIpc) is 2.93. The van der Waals surface area contributed by atoms with Gasteiger partial charge < -0.3 is 4.89 Å². The van der Waals surface area contributed by atoms with Crippen molar-refractivity contribution in [1.82, 2.24) is 0 Å². The molecular weight excluding hydrogens is 535 g/mol. The molecule has 1 N–H and O–H groups in total. The van der Waals surface area contributed by atoms with Gasteiger partial charge in [-0.1, -0.05) is 72.8 Å². The van der Waals surface area contributed by atoms with Crippen molar-refractivity contribution >= 4 is 30.0 Å². The van der Waals surface area contributed by atoms with Crippen LogP contribution in [0, 0.1) is 41.5 Å². The molecule has 0 aliphatic carbocycles. The third-order valence-corrected chi connectivity index (χ3v) is 9.00. The van der Waals surface area contributed by atoms with Gasteiger partial charge in [0.2, 0.25) is 0 Å². The molecule has 41 heavy (non-hydrogen) atoms. The lowest BCUT2D eigenvalue weighted by molar-refractivity contribution is 0.101. The van der Waals surface area contributed by atoms with Crippen LogP contribution in [0.15, 0.2) is 72.8 Å². The van der Waals surface area contributed by atoms with Gasteiger partial charge in [0.1, 0.15) is 0 Å². The minimum absolute atomic E-state index is 0.128. The molecule has 0 bridgehead atoms. The van der Waals surface area contributed by atoms with E-state index in [0.717, 1.165) is 0 Å². The van der Waals surface area contributed by atoms with Crippen LogP contribution in [0.4, 0.5) is 0 Å². The highest BCUT2D eigenvalue weighted by molar-refractivity contribution is 7.91. The Bertz CT molecular complexity index is 1660. The minimum atomic E-state index is -5.20. The van der Waals surface area contributed by atoms with Gasteiger partial charge in [-0.05, 0) is 74.9 Å². The molecule has 0 spiro atoms. The van der Waals surface area contributed by atoms with Crippen molar-refractivity contribution in [2.75, 3.05) is 0 Å². The summed E-state index contributed by atoms with van der Waals surface area (Å²) in [5.74, 6) is -0.661. The number of ketones is 2. The van der Waals surface area contributed by atoms with Gasteiger partial charge in [-0.15, -0.1) is 0 Å². The first-order valence-corrected chi connectivity index (χ1v) is 14.8. The maximum atomic E-state index is 13.8. The van der Waals surface area contributed by atoms with E-state index in [1.54, 1.807) is 114 Å². The predicted molar refractivity (Wildman–Crippen MR) is 160 cm³/mol. The topological polar surface area (TPSA) is 106 Å². The number of carbonyl (C=O) groups excluding carboxylic acids is 4. The largest absolute Gasteiger partial charge is 0.337 e. The Balaban J connectivity index is 1.83. The third-order valence-electron chi connectivity index (χ3n) is 7.45. The number of aryl methyl sites for hydroxylation is 4. The van der Waals surface area contributed by atoms with Crippen molar-refractivity contribution in [2.24, 2.45) is 0 Å². The summed E-state index contributed by atoms with van der Waals surface area (Å²) in [6.45, 7) is 9.78. The summed E-state index contributed by atoms with van der Waals surface area (Å²) in [4.78, 5) is 65.5. The van der Waals surface area contributed by atoms with E-state index in [0.29, 0.717) is 33.4 Å². The van der Waals surface area contributed by atoms with E-state index >= 15 is 0 Å². The highest BCUT2D eigenvalue weighted by Crippen LogP contribution is 2.50. The van der Waals surface area contributed by atoms with Gasteiger partial charge in [0.25, 0.3) is 11.0 Å². The second kappa shape index (κ2) is 11.3. The van der Waals surface area contributed by atoms with Crippen LogP contribution in [0.5, 0.6) is 0 Å². The highest BCUT2D eigenvalue weighted by atomic mass is 31.2. The molecule has 0 radical (unpaired) electrons. The molecule has 0 heterocycles. The fourth-order valence-corrected chi connectivity index (χ4v) is 7.07. The molecule has 4 aromatic carbocycles. The maximum Gasteiger partial charge on any atom is 0.337 e. The fourth-order valence-electron chi connectivity index (χ4n) is 5.59. The Morgan fingerprint density at radius 3 is 1.12 bits per heavy atom. The van der Waals surface area contributed by atoms with Gasteiger partial charge >= 0.3 is 7.37 Å². The van der Waals surface area contributed by atoms with Crippen LogP contribution in [0.25, 0.3) is 0 Å². The average molecular weight is 567 g/mol. The third kappa shape index (κ3) is 5.29. The summed E-state index contributed by atoms with van der Waals surface area (Å²) in [7, 11) is -5.20. The lowest BCUT2D eigenvalue weighted by atomic mass is 9.89. The standard InChI is InChI=1S/C34H31O6P/c1-19-17-21(3)29(23(5)27(19)31(35)25-13-9-7-10-14-25)33(37)41(39,40)34(38)30-22(4)18-20(2)28(24(30)6)32(36)26-15-11-8-12-16-26/h7-18H,1-6H3,(H,39,40). The second-order valence-corrected chi connectivity index (χ2v) is 12.3. The Labute approximate surface area is 239 Å². The molecule has 0 amide bonds. The molecule has 7 heteroatoms. The Morgan fingerprint density at radius 1 is 0.512 bits per heavy atom. The van der Waals surface area contributed by atoms with E-state index < -0.39 is 18.4 Å². The maximum absolute atomic E-state index is 13.8. The highest BCUT2D eigenvalue weighted by Gasteiger charge is 2.43. The Morgan fingerprint density at radius 2 is 0.805 bits per heavy atom. The molecule has 0 aromatic heterocycles. The van der Waals surface area contributed by atoms with Crippen molar-refractivity contribution in [1.29, 1.82) is 0 Å². The van der Waals surface area contributed by atoms with E-state index in [1.165, 1.54) is 0 Å². The summed E-state index contributed by atoms with van der Waals surface area (Å²) in [6, 6.07) is 20.3. The molecule has 0 aliphatic rings. The van der Waals surface area contributed by atoms with Gasteiger partial charge in [0.05, 0.1) is 0 Å². The number of hydrogen-bond acceptors (Lipinski definition) is 5. The monoisotopic (exact) mass is 566 g/mol. The molecule has 208 valence electrons. The van der Waals surface area contributed by atoms with Crippen molar-refractivity contribution in [3.63, 3.8) is 0 Å². The van der Waals surface area contributed by atoms with Gasteiger partial charge in [-0.3, -0.25) is 23.7 Å². The Hall–Kier alpha value is -4.25. The van der Waals surface area contributed by atoms with Gasteiger partial charge in [-0.25, -0.2) is 0 Å². The zero-order valence-electron chi connectivity index (χ0n) is 23.9. The van der Waals surface area contributed by atoms with Crippen LogP contribution in [0.3, 0.4) is 0 Å². The molecule has 0 saturated carbocycles. The van der Waals surface area contributed by atoms with E-state index in [4.69, 9.17) is 0 Å². The van der Waals surface area contributed by atoms with Gasteiger partial charge in [0, 0.05) is 33.4 Å². The SMILES string of the molecule is Cc1cc(C)c(C(=O)P(=O)(O)C(=O)c2c(C)cc(C)c(C(=O)c3ccccc3)c2C)c(C)c1C(=O)c1ccccc1. The zero-order valence-corrected chi connectivity index (χ0v) is 24.8. The van der Waals surface area contributed by atoms with Gasteiger partial charge in [-0.2, -0.15) is 0 Å². The number of carbonyl (C=O) groups is 4. The zero-order chi connectivity index (χ0) is 30.2.